The highest BCUT2D eigenvalue weighted by Gasteiger charge is 2.26. The standard InChI is InChI=1S/C27H25ClN4O3/c1-18(14-23-6-3-13-35-23)29-27(34)20-9-7-19(8-10-20)17-31-25-16-24(21-4-2-5-22(28)15-21)30-32(25)12-11-26(31)33/h2-10,13,15-16,18H,11-12,14,17H2,1H3,(H,29,34)/t18-/m0/s1. The first-order valence-electron chi connectivity index (χ1n) is 11.5. The topological polar surface area (TPSA) is 80.4 Å². The Morgan fingerprint density at radius 1 is 1.14 bits per heavy atom. The maximum Gasteiger partial charge on any atom is 0.251 e. The van der Waals surface area contributed by atoms with Crippen molar-refractivity contribution in [1.82, 2.24) is 15.1 Å². The van der Waals surface area contributed by atoms with Crippen LogP contribution in [0.2, 0.25) is 5.02 Å². The van der Waals surface area contributed by atoms with Gasteiger partial charge >= 0.3 is 0 Å². The minimum absolute atomic E-state index is 0.0450. The van der Waals surface area contributed by atoms with Gasteiger partial charge in [0.1, 0.15) is 11.6 Å². The van der Waals surface area contributed by atoms with Gasteiger partial charge in [-0.15, -0.1) is 0 Å². The molecule has 178 valence electrons. The second-order valence-electron chi connectivity index (χ2n) is 8.71. The highest BCUT2D eigenvalue weighted by molar-refractivity contribution is 6.30. The Kier molecular flexibility index (Phi) is 6.42. The molecule has 0 saturated carbocycles. The summed E-state index contributed by atoms with van der Waals surface area (Å²) in [5, 5.41) is 8.32. The van der Waals surface area contributed by atoms with Crippen LogP contribution in [-0.4, -0.2) is 27.6 Å². The van der Waals surface area contributed by atoms with Gasteiger partial charge in [-0.3, -0.25) is 14.5 Å². The van der Waals surface area contributed by atoms with Crippen LogP contribution in [-0.2, 0) is 24.3 Å². The molecule has 0 aliphatic carbocycles. The summed E-state index contributed by atoms with van der Waals surface area (Å²) in [7, 11) is 0. The lowest BCUT2D eigenvalue weighted by Crippen LogP contribution is -2.37. The zero-order valence-electron chi connectivity index (χ0n) is 19.3. The lowest BCUT2D eigenvalue weighted by molar-refractivity contribution is -0.119. The molecule has 0 fully saturated rings. The van der Waals surface area contributed by atoms with Gasteiger partial charge in [0.05, 0.1) is 25.0 Å². The van der Waals surface area contributed by atoms with Gasteiger partial charge in [0, 0.05) is 41.1 Å². The number of rotatable bonds is 7. The number of nitrogens with zero attached hydrogens (tertiary/aromatic N) is 3. The predicted octanol–water partition coefficient (Wildman–Crippen LogP) is 5.09. The number of carbonyl (C=O) groups is 2. The fourth-order valence-electron chi connectivity index (χ4n) is 4.24. The number of aryl methyl sites for hydroxylation is 1. The molecule has 35 heavy (non-hydrogen) atoms. The van der Waals surface area contributed by atoms with E-state index in [0.717, 1.165) is 28.4 Å². The van der Waals surface area contributed by atoms with Crippen molar-refractivity contribution < 1.29 is 14.0 Å². The lowest BCUT2D eigenvalue weighted by Gasteiger charge is -2.27. The quantitative estimate of drug-likeness (QED) is 0.392. The zero-order chi connectivity index (χ0) is 24.4. The summed E-state index contributed by atoms with van der Waals surface area (Å²) in [4.78, 5) is 27.2. The van der Waals surface area contributed by atoms with E-state index in [4.69, 9.17) is 16.0 Å². The summed E-state index contributed by atoms with van der Waals surface area (Å²) in [6, 6.07) is 20.4. The van der Waals surface area contributed by atoms with E-state index in [2.05, 4.69) is 10.4 Å². The Morgan fingerprint density at radius 3 is 2.71 bits per heavy atom. The van der Waals surface area contributed by atoms with Crippen LogP contribution >= 0.6 is 11.6 Å². The van der Waals surface area contributed by atoms with Crippen LogP contribution < -0.4 is 10.2 Å². The number of amides is 2. The fourth-order valence-corrected chi connectivity index (χ4v) is 4.43. The highest BCUT2D eigenvalue weighted by Crippen LogP contribution is 2.30. The molecule has 1 aliphatic heterocycles. The summed E-state index contributed by atoms with van der Waals surface area (Å²) < 4.78 is 7.21. The Morgan fingerprint density at radius 2 is 1.97 bits per heavy atom. The molecule has 7 nitrogen and oxygen atoms in total. The summed E-state index contributed by atoms with van der Waals surface area (Å²) in [6.45, 7) is 2.88. The van der Waals surface area contributed by atoms with Crippen molar-refractivity contribution in [3.8, 4) is 11.3 Å². The molecule has 1 aliphatic rings. The minimum Gasteiger partial charge on any atom is -0.469 e. The van der Waals surface area contributed by atoms with Crippen LogP contribution in [0.25, 0.3) is 11.3 Å². The Hall–Kier alpha value is -3.84. The van der Waals surface area contributed by atoms with E-state index in [1.165, 1.54) is 0 Å². The number of nitrogens with one attached hydrogen (secondary N) is 1. The first kappa shape index (κ1) is 22.9. The predicted molar refractivity (Wildman–Crippen MR) is 134 cm³/mol. The normalized spacial score (nSPS) is 14.0. The summed E-state index contributed by atoms with van der Waals surface area (Å²) in [5.41, 5.74) is 3.18. The molecule has 0 spiro atoms. The molecule has 2 aromatic heterocycles. The zero-order valence-corrected chi connectivity index (χ0v) is 20.0. The highest BCUT2D eigenvalue weighted by atomic mass is 35.5. The lowest BCUT2D eigenvalue weighted by atomic mass is 10.1. The largest absolute Gasteiger partial charge is 0.469 e. The van der Waals surface area contributed by atoms with Crippen LogP contribution in [0.5, 0.6) is 0 Å². The number of carbonyl (C=O) groups excluding carboxylic acids is 2. The van der Waals surface area contributed by atoms with Crippen molar-refractivity contribution in [2.24, 2.45) is 0 Å². The number of benzene rings is 2. The first-order valence-corrected chi connectivity index (χ1v) is 11.9. The third-order valence-electron chi connectivity index (χ3n) is 6.02. The average Bonchev–Trinajstić information content (AvgIpc) is 3.51. The molecule has 1 N–H and O–H groups in total. The summed E-state index contributed by atoms with van der Waals surface area (Å²) in [6.07, 6.45) is 2.64. The van der Waals surface area contributed by atoms with Crippen LogP contribution in [0.3, 0.4) is 0 Å². The van der Waals surface area contributed by atoms with E-state index in [1.807, 2.05) is 66.2 Å². The third-order valence-corrected chi connectivity index (χ3v) is 6.25. The molecule has 0 bridgehead atoms. The molecule has 5 rings (SSSR count). The number of fused-ring (bicyclic) bond motifs is 1. The van der Waals surface area contributed by atoms with Gasteiger partial charge in [-0.1, -0.05) is 35.9 Å². The maximum absolute atomic E-state index is 12.8. The van der Waals surface area contributed by atoms with Crippen LogP contribution in [0.4, 0.5) is 5.82 Å². The van der Waals surface area contributed by atoms with Gasteiger partial charge in [0.15, 0.2) is 0 Å². The van der Waals surface area contributed by atoms with E-state index in [1.54, 1.807) is 23.3 Å². The third kappa shape index (κ3) is 5.15. The Bertz CT molecular complexity index is 1350. The minimum atomic E-state index is -0.145. The van der Waals surface area contributed by atoms with Crippen molar-refractivity contribution in [3.05, 3.63) is 94.9 Å². The van der Waals surface area contributed by atoms with Crippen molar-refractivity contribution in [2.75, 3.05) is 4.90 Å². The molecule has 0 saturated heterocycles. The van der Waals surface area contributed by atoms with Crippen molar-refractivity contribution >= 4 is 29.2 Å². The van der Waals surface area contributed by atoms with Crippen molar-refractivity contribution in [1.29, 1.82) is 0 Å². The van der Waals surface area contributed by atoms with Gasteiger partial charge in [-0.2, -0.15) is 5.10 Å². The van der Waals surface area contributed by atoms with E-state index in [9.17, 15) is 9.59 Å². The smallest absolute Gasteiger partial charge is 0.251 e. The SMILES string of the molecule is C[C@@H](Cc1ccco1)NC(=O)c1ccc(CN2C(=O)CCn3nc(-c4cccc(Cl)c4)cc32)cc1. The molecule has 2 amide bonds. The fraction of sp³-hybridized carbons (Fsp3) is 0.222. The molecule has 0 radical (unpaired) electrons. The molecule has 2 aromatic carbocycles. The molecule has 8 heteroatoms. The number of anilines is 1. The van der Waals surface area contributed by atoms with E-state index in [0.29, 0.717) is 36.5 Å². The average molecular weight is 489 g/mol. The second-order valence-corrected chi connectivity index (χ2v) is 9.14. The van der Waals surface area contributed by atoms with Crippen LogP contribution in [0, 0.1) is 0 Å². The first-order chi connectivity index (χ1) is 17.0. The molecule has 4 aromatic rings. The maximum atomic E-state index is 12.8. The number of hydrogen-bond acceptors (Lipinski definition) is 4. The molecular formula is C27H25ClN4O3. The Labute approximate surface area is 208 Å². The molecular weight excluding hydrogens is 464 g/mol. The van der Waals surface area contributed by atoms with Crippen LogP contribution in [0.15, 0.2) is 77.4 Å². The molecule has 0 unspecified atom stereocenters. The van der Waals surface area contributed by atoms with Gasteiger partial charge in [0.25, 0.3) is 5.91 Å². The van der Waals surface area contributed by atoms with Gasteiger partial charge in [0.2, 0.25) is 5.91 Å². The monoisotopic (exact) mass is 488 g/mol. The number of furan rings is 1. The Balaban J connectivity index is 1.28. The summed E-state index contributed by atoms with van der Waals surface area (Å²) >= 11 is 6.14. The molecule has 1 atom stereocenters. The number of halogens is 1. The van der Waals surface area contributed by atoms with E-state index >= 15 is 0 Å². The van der Waals surface area contributed by atoms with Crippen LogP contribution in [0.1, 0.15) is 35.0 Å². The molecule has 3 heterocycles. The van der Waals surface area contributed by atoms with E-state index in [-0.39, 0.29) is 17.9 Å². The van der Waals surface area contributed by atoms with Gasteiger partial charge in [-0.05, 0) is 48.9 Å². The number of hydrogen-bond donors (Lipinski definition) is 1. The van der Waals surface area contributed by atoms with Crippen molar-refractivity contribution in [2.45, 2.75) is 38.9 Å². The van der Waals surface area contributed by atoms with Gasteiger partial charge < -0.3 is 9.73 Å². The van der Waals surface area contributed by atoms with Crippen molar-refractivity contribution in [3.63, 3.8) is 0 Å². The van der Waals surface area contributed by atoms with Gasteiger partial charge in [-0.25, -0.2) is 4.68 Å². The van der Waals surface area contributed by atoms with E-state index < -0.39 is 0 Å². The summed E-state index contributed by atoms with van der Waals surface area (Å²) in [5.74, 6) is 1.49. The second kappa shape index (κ2) is 9.80. The number of aromatic nitrogens is 2.